The summed E-state index contributed by atoms with van der Waals surface area (Å²) >= 11 is 0. The highest BCUT2D eigenvalue weighted by atomic mass is 16.3. The van der Waals surface area contributed by atoms with Crippen molar-refractivity contribution in [3.05, 3.63) is 12.2 Å². The highest BCUT2D eigenvalue weighted by Gasteiger charge is 2.14. The molecule has 0 unspecified atom stereocenters. The maximum absolute atomic E-state index is 8.88. The van der Waals surface area contributed by atoms with Gasteiger partial charge in [-0.3, -0.25) is 0 Å². The lowest BCUT2D eigenvalue weighted by molar-refractivity contribution is 0.0389. The van der Waals surface area contributed by atoms with Gasteiger partial charge in [-0.25, -0.2) is 0 Å². The molecule has 0 aromatic rings. The maximum atomic E-state index is 8.88. The molecule has 0 aliphatic heterocycles. The second-order valence-electron chi connectivity index (χ2n) is 2.06. The van der Waals surface area contributed by atoms with Crippen molar-refractivity contribution < 1.29 is 10.2 Å². The van der Waals surface area contributed by atoms with Crippen LogP contribution in [-0.2, 0) is 0 Å². The number of aliphatic hydroxyl groups excluding tert-OH is 2. The molecule has 0 saturated carbocycles. The fourth-order valence-corrected chi connectivity index (χ4v) is 0.802. The summed E-state index contributed by atoms with van der Waals surface area (Å²) < 4.78 is 0. The molecule has 0 fully saturated rings. The van der Waals surface area contributed by atoms with Gasteiger partial charge in [0.15, 0.2) is 0 Å². The van der Waals surface area contributed by atoms with Gasteiger partial charge < -0.3 is 10.2 Å². The third-order valence-electron chi connectivity index (χ3n) is 1.36. The van der Waals surface area contributed by atoms with Crippen molar-refractivity contribution in [3.63, 3.8) is 0 Å². The zero-order valence-corrected chi connectivity index (χ0v) is 4.62. The van der Waals surface area contributed by atoms with Crippen LogP contribution in [0.4, 0.5) is 0 Å². The number of hydrogen-bond donors (Lipinski definition) is 2. The summed E-state index contributed by atoms with van der Waals surface area (Å²) in [4.78, 5) is 0. The van der Waals surface area contributed by atoms with Crippen LogP contribution in [0.5, 0.6) is 0 Å². The van der Waals surface area contributed by atoms with E-state index < -0.39 is 12.2 Å². The summed E-state index contributed by atoms with van der Waals surface area (Å²) in [5.41, 5.74) is 0. The van der Waals surface area contributed by atoms with E-state index in [2.05, 4.69) is 0 Å². The van der Waals surface area contributed by atoms with Gasteiger partial charge in [0, 0.05) is 0 Å². The molecule has 0 radical (unpaired) electrons. The minimum atomic E-state index is -0.622. The van der Waals surface area contributed by atoms with Crippen LogP contribution in [0, 0.1) is 0 Å². The molecular formula is C6H10O2. The number of aliphatic hydroxyl groups is 2. The van der Waals surface area contributed by atoms with E-state index >= 15 is 0 Å². The average Bonchev–Trinajstić information content (AvgIpc) is 1.77. The summed E-state index contributed by atoms with van der Waals surface area (Å²) in [6.45, 7) is 0. The summed E-state index contributed by atoms with van der Waals surface area (Å²) in [5, 5.41) is 17.7. The molecule has 46 valence electrons. The third kappa shape index (κ3) is 1.08. The normalized spacial score (nSPS) is 37.8. The topological polar surface area (TPSA) is 40.5 Å². The number of rotatable bonds is 0. The van der Waals surface area contributed by atoms with Crippen LogP contribution in [0.3, 0.4) is 0 Å². The first kappa shape index (κ1) is 5.79. The Kier molecular flexibility index (Phi) is 1.65. The van der Waals surface area contributed by atoms with Crippen LogP contribution in [0.2, 0.25) is 0 Å². The van der Waals surface area contributed by atoms with E-state index in [0.29, 0.717) is 6.42 Å². The van der Waals surface area contributed by atoms with Gasteiger partial charge in [-0.2, -0.15) is 0 Å². The minimum Gasteiger partial charge on any atom is -0.390 e. The van der Waals surface area contributed by atoms with E-state index in [9.17, 15) is 0 Å². The van der Waals surface area contributed by atoms with Gasteiger partial charge in [0.1, 0.15) is 0 Å². The van der Waals surface area contributed by atoms with E-state index in [1.54, 1.807) is 6.08 Å². The molecule has 2 heteroatoms. The van der Waals surface area contributed by atoms with Gasteiger partial charge in [-0.1, -0.05) is 12.2 Å². The van der Waals surface area contributed by atoms with Crippen molar-refractivity contribution in [1.29, 1.82) is 0 Å². The number of hydrogen-bond acceptors (Lipinski definition) is 2. The van der Waals surface area contributed by atoms with Crippen LogP contribution >= 0.6 is 0 Å². The molecule has 0 bridgehead atoms. The van der Waals surface area contributed by atoms with Crippen molar-refractivity contribution in [2.75, 3.05) is 0 Å². The Morgan fingerprint density at radius 1 is 1.38 bits per heavy atom. The van der Waals surface area contributed by atoms with Crippen molar-refractivity contribution in [2.24, 2.45) is 0 Å². The fourth-order valence-electron chi connectivity index (χ4n) is 0.802. The summed E-state index contributed by atoms with van der Waals surface area (Å²) in [7, 11) is 0. The lowest BCUT2D eigenvalue weighted by atomic mass is 10.0. The lowest BCUT2D eigenvalue weighted by Gasteiger charge is -2.16. The Bertz CT molecular complexity index is 98.7. The number of allylic oxidation sites excluding steroid dienone is 1. The van der Waals surface area contributed by atoms with Crippen LogP contribution in [0.1, 0.15) is 12.8 Å². The van der Waals surface area contributed by atoms with Gasteiger partial charge in [-0.15, -0.1) is 0 Å². The molecule has 2 N–H and O–H groups in total. The summed E-state index contributed by atoms with van der Waals surface area (Å²) in [5.74, 6) is 0. The molecule has 0 heterocycles. The van der Waals surface area contributed by atoms with Crippen LogP contribution in [-0.4, -0.2) is 22.4 Å². The van der Waals surface area contributed by atoms with Crippen molar-refractivity contribution >= 4 is 0 Å². The smallest absolute Gasteiger partial charge is 0.0980 e. The van der Waals surface area contributed by atoms with E-state index in [1.807, 2.05) is 6.08 Å². The SMILES string of the molecule is O[C@@H]1C=CCC[C@H]1O. The average molecular weight is 114 g/mol. The Morgan fingerprint density at radius 3 is 2.50 bits per heavy atom. The predicted molar refractivity (Wildman–Crippen MR) is 30.4 cm³/mol. The minimum absolute atomic E-state index is 0.528. The molecule has 2 atom stereocenters. The van der Waals surface area contributed by atoms with Gasteiger partial charge in [-0.05, 0) is 12.8 Å². The summed E-state index contributed by atoms with van der Waals surface area (Å²) in [6.07, 6.45) is 3.95. The monoisotopic (exact) mass is 114 g/mol. The van der Waals surface area contributed by atoms with E-state index in [4.69, 9.17) is 10.2 Å². The van der Waals surface area contributed by atoms with Crippen molar-refractivity contribution in [1.82, 2.24) is 0 Å². The van der Waals surface area contributed by atoms with Gasteiger partial charge >= 0.3 is 0 Å². The second-order valence-corrected chi connectivity index (χ2v) is 2.06. The first-order valence-corrected chi connectivity index (χ1v) is 2.83. The first-order valence-electron chi connectivity index (χ1n) is 2.83. The molecular weight excluding hydrogens is 104 g/mol. The van der Waals surface area contributed by atoms with Crippen LogP contribution in [0.15, 0.2) is 12.2 Å². The van der Waals surface area contributed by atoms with Crippen molar-refractivity contribution in [2.45, 2.75) is 25.0 Å². The fraction of sp³-hybridized carbons (Fsp3) is 0.667. The van der Waals surface area contributed by atoms with Gasteiger partial charge in [0.2, 0.25) is 0 Å². The molecule has 1 aliphatic carbocycles. The molecule has 0 saturated heterocycles. The van der Waals surface area contributed by atoms with E-state index in [1.165, 1.54) is 0 Å². The van der Waals surface area contributed by atoms with Gasteiger partial charge in [0.25, 0.3) is 0 Å². The first-order chi connectivity index (χ1) is 3.80. The molecule has 0 aromatic heterocycles. The van der Waals surface area contributed by atoms with Crippen molar-refractivity contribution in [3.8, 4) is 0 Å². The van der Waals surface area contributed by atoms with Gasteiger partial charge in [0.05, 0.1) is 12.2 Å². The quantitative estimate of drug-likeness (QED) is 0.437. The molecule has 8 heavy (non-hydrogen) atoms. The Morgan fingerprint density at radius 2 is 2.12 bits per heavy atom. The Hall–Kier alpha value is -0.340. The van der Waals surface area contributed by atoms with Crippen LogP contribution in [0.25, 0.3) is 0 Å². The maximum Gasteiger partial charge on any atom is 0.0980 e. The molecule has 1 aliphatic rings. The zero-order valence-electron chi connectivity index (χ0n) is 4.62. The Balaban J connectivity index is 2.47. The van der Waals surface area contributed by atoms with E-state index in [0.717, 1.165) is 6.42 Å². The lowest BCUT2D eigenvalue weighted by Crippen LogP contribution is -2.25. The van der Waals surface area contributed by atoms with Crippen LogP contribution < -0.4 is 0 Å². The molecule has 0 spiro atoms. The molecule has 0 amide bonds. The highest BCUT2D eigenvalue weighted by Crippen LogP contribution is 2.10. The second kappa shape index (κ2) is 2.29. The standard InChI is InChI=1S/C6H10O2/c7-5-3-1-2-4-6(5)8/h1,3,5-8H,2,4H2/t5-,6-/m1/s1. The molecule has 1 rings (SSSR count). The van der Waals surface area contributed by atoms with E-state index in [-0.39, 0.29) is 0 Å². The molecule has 0 aromatic carbocycles. The zero-order chi connectivity index (χ0) is 5.98. The Labute approximate surface area is 48.5 Å². The third-order valence-corrected chi connectivity index (χ3v) is 1.36. The largest absolute Gasteiger partial charge is 0.390 e. The molecule has 2 nitrogen and oxygen atoms in total. The highest BCUT2D eigenvalue weighted by molar-refractivity contribution is 4.97. The summed E-state index contributed by atoms with van der Waals surface area (Å²) in [6, 6.07) is 0. The predicted octanol–water partition coefficient (Wildman–Crippen LogP) is 0.0582.